The van der Waals surface area contributed by atoms with Gasteiger partial charge in [-0.25, -0.2) is 8.42 Å². The molecule has 5 nitrogen and oxygen atoms in total. The fourth-order valence-electron chi connectivity index (χ4n) is 2.69. The third-order valence-corrected chi connectivity index (χ3v) is 6.03. The van der Waals surface area contributed by atoms with Gasteiger partial charge in [-0.05, 0) is 61.4 Å². The minimum Gasteiger partial charge on any atom is -0.322 e. The number of hydrogen-bond donors (Lipinski definition) is 1. The number of carbonyl (C=O) groups excluding carboxylic acids is 1. The number of hydrogen-bond acceptors (Lipinski definition) is 3. The van der Waals surface area contributed by atoms with Gasteiger partial charge in [0.05, 0.1) is 11.4 Å². The van der Waals surface area contributed by atoms with Crippen molar-refractivity contribution in [1.29, 1.82) is 0 Å². The molecule has 0 aromatic heterocycles. The average Bonchev–Trinajstić information content (AvgIpc) is 3.00. The second kappa shape index (κ2) is 6.45. The van der Waals surface area contributed by atoms with E-state index in [-0.39, 0.29) is 11.7 Å². The Bertz CT molecular complexity index is 879. The molecule has 24 heavy (non-hydrogen) atoms. The van der Waals surface area contributed by atoms with Gasteiger partial charge in [0.1, 0.15) is 0 Å². The maximum Gasteiger partial charge on any atom is 0.255 e. The molecular weight excluding hydrogens is 348 g/mol. The van der Waals surface area contributed by atoms with Crippen molar-refractivity contribution in [2.24, 2.45) is 0 Å². The summed E-state index contributed by atoms with van der Waals surface area (Å²) in [7, 11) is -3.28. The van der Waals surface area contributed by atoms with Crippen LogP contribution in [0.4, 0.5) is 11.4 Å². The summed E-state index contributed by atoms with van der Waals surface area (Å²) in [6, 6.07) is 12.0. The summed E-state index contributed by atoms with van der Waals surface area (Å²) in [4.78, 5) is 12.4. The van der Waals surface area contributed by atoms with Crippen LogP contribution in [0.15, 0.2) is 42.5 Å². The topological polar surface area (TPSA) is 66.5 Å². The second-order valence-corrected chi connectivity index (χ2v) is 8.15. The van der Waals surface area contributed by atoms with E-state index < -0.39 is 10.0 Å². The van der Waals surface area contributed by atoms with Crippen molar-refractivity contribution in [2.75, 3.05) is 21.9 Å². The van der Waals surface area contributed by atoms with Crippen molar-refractivity contribution < 1.29 is 13.2 Å². The van der Waals surface area contributed by atoms with Crippen LogP contribution in [0.5, 0.6) is 0 Å². The first-order valence-electron chi connectivity index (χ1n) is 7.61. The van der Waals surface area contributed by atoms with E-state index in [9.17, 15) is 13.2 Å². The zero-order valence-electron chi connectivity index (χ0n) is 13.1. The normalized spacial score (nSPS) is 13.7. The summed E-state index contributed by atoms with van der Waals surface area (Å²) >= 11 is 5.83. The molecule has 1 aliphatic rings. The Morgan fingerprint density at radius 3 is 2.58 bits per heavy atom. The molecule has 0 bridgehead atoms. The smallest absolute Gasteiger partial charge is 0.255 e. The minimum atomic E-state index is -3.28. The Balaban J connectivity index is 1.82. The minimum absolute atomic E-state index is 0.0608. The average molecular weight is 365 g/mol. The number of nitrogens with one attached hydrogen (secondary N) is 1. The predicted octanol–water partition coefficient (Wildman–Crippen LogP) is 3.30. The lowest BCUT2D eigenvalue weighted by molar-refractivity contribution is 0.102. The quantitative estimate of drug-likeness (QED) is 0.905. The number of anilines is 2. The number of halogens is 1. The fourth-order valence-corrected chi connectivity index (χ4v) is 3.98. The van der Waals surface area contributed by atoms with Gasteiger partial charge in [-0.15, -0.1) is 0 Å². The van der Waals surface area contributed by atoms with Gasteiger partial charge in [-0.1, -0.05) is 11.6 Å². The van der Waals surface area contributed by atoms with Crippen LogP contribution in [0, 0.1) is 0 Å². The Hall–Kier alpha value is -2.05. The molecule has 1 heterocycles. The van der Waals surface area contributed by atoms with E-state index in [1.807, 2.05) is 0 Å². The lowest BCUT2D eigenvalue weighted by Crippen LogP contribution is -2.30. The lowest BCUT2D eigenvalue weighted by Gasteiger charge is -2.18. The monoisotopic (exact) mass is 364 g/mol. The number of fused-ring (bicyclic) bond motifs is 1. The number of benzene rings is 2. The van der Waals surface area contributed by atoms with Crippen LogP contribution in [0.3, 0.4) is 0 Å². The number of nitrogens with zero attached hydrogens (tertiary/aromatic N) is 1. The van der Waals surface area contributed by atoms with Gasteiger partial charge in [0.15, 0.2) is 0 Å². The predicted molar refractivity (Wildman–Crippen MR) is 96.4 cm³/mol. The number of amides is 1. The SMILES string of the molecule is CCS(=O)(=O)N1CCc2cc(C(=O)Nc3ccc(Cl)cc3)ccc21. The molecule has 1 amide bonds. The van der Waals surface area contributed by atoms with Crippen LogP contribution < -0.4 is 9.62 Å². The molecule has 1 aliphatic heterocycles. The van der Waals surface area contributed by atoms with Crippen LogP contribution in [0.1, 0.15) is 22.8 Å². The van der Waals surface area contributed by atoms with Crippen LogP contribution in [-0.2, 0) is 16.4 Å². The molecule has 0 saturated heterocycles. The van der Waals surface area contributed by atoms with Crippen molar-refractivity contribution in [2.45, 2.75) is 13.3 Å². The van der Waals surface area contributed by atoms with Crippen molar-refractivity contribution in [3.8, 4) is 0 Å². The molecule has 126 valence electrons. The highest BCUT2D eigenvalue weighted by molar-refractivity contribution is 7.92. The van der Waals surface area contributed by atoms with Crippen molar-refractivity contribution in [3.05, 3.63) is 58.6 Å². The van der Waals surface area contributed by atoms with Crippen LogP contribution in [0.2, 0.25) is 5.02 Å². The fraction of sp³-hybridized carbons (Fsp3) is 0.235. The van der Waals surface area contributed by atoms with Gasteiger partial charge in [0, 0.05) is 22.8 Å². The Labute approximate surface area is 146 Å². The Morgan fingerprint density at radius 1 is 1.21 bits per heavy atom. The van der Waals surface area contributed by atoms with Gasteiger partial charge >= 0.3 is 0 Å². The summed E-state index contributed by atoms with van der Waals surface area (Å²) in [6.07, 6.45) is 0.608. The number of rotatable bonds is 4. The van der Waals surface area contributed by atoms with E-state index in [0.29, 0.717) is 34.9 Å². The van der Waals surface area contributed by atoms with Crippen molar-refractivity contribution in [1.82, 2.24) is 0 Å². The molecule has 3 rings (SSSR count). The molecule has 0 saturated carbocycles. The summed E-state index contributed by atoms with van der Waals surface area (Å²) in [6.45, 7) is 2.05. The molecule has 1 N–H and O–H groups in total. The maximum absolute atomic E-state index is 12.4. The molecule has 0 aliphatic carbocycles. The largest absolute Gasteiger partial charge is 0.322 e. The molecular formula is C17H17ClN2O3S. The Kier molecular flexibility index (Phi) is 4.51. The first-order valence-corrected chi connectivity index (χ1v) is 9.59. The first kappa shape index (κ1) is 16.8. The molecule has 0 radical (unpaired) electrons. The van der Waals surface area contributed by atoms with Crippen LogP contribution >= 0.6 is 11.6 Å². The summed E-state index contributed by atoms with van der Waals surface area (Å²) in [5, 5.41) is 3.40. The molecule has 0 unspecified atom stereocenters. The van der Waals surface area contributed by atoms with E-state index >= 15 is 0 Å². The zero-order valence-corrected chi connectivity index (χ0v) is 14.7. The van der Waals surface area contributed by atoms with Crippen LogP contribution in [-0.4, -0.2) is 26.6 Å². The summed E-state index contributed by atoms with van der Waals surface area (Å²) in [5.74, 6) is -0.178. The standard InChI is InChI=1S/C17H17ClN2O3S/c1-2-24(22,23)20-10-9-12-11-13(3-8-16(12)20)17(21)19-15-6-4-14(18)5-7-15/h3-8,11H,2,9-10H2,1H3,(H,19,21). The van der Waals surface area contributed by atoms with Crippen LogP contribution in [0.25, 0.3) is 0 Å². The molecule has 0 spiro atoms. The van der Waals surface area contributed by atoms with E-state index in [0.717, 1.165) is 5.56 Å². The van der Waals surface area contributed by atoms with Gasteiger partial charge in [-0.3, -0.25) is 9.10 Å². The van der Waals surface area contributed by atoms with E-state index in [1.165, 1.54) is 4.31 Å². The van der Waals surface area contributed by atoms with E-state index in [2.05, 4.69) is 5.32 Å². The third-order valence-electron chi connectivity index (χ3n) is 4.00. The number of carbonyl (C=O) groups is 1. The molecule has 0 atom stereocenters. The summed E-state index contributed by atoms with van der Waals surface area (Å²) in [5.41, 5.74) is 2.69. The molecule has 0 fully saturated rings. The first-order chi connectivity index (χ1) is 11.4. The van der Waals surface area contributed by atoms with Gasteiger partial charge in [0.2, 0.25) is 10.0 Å². The Morgan fingerprint density at radius 2 is 1.92 bits per heavy atom. The summed E-state index contributed by atoms with van der Waals surface area (Å²) < 4.78 is 25.6. The highest BCUT2D eigenvalue weighted by Crippen LogP contribution is 2.31. The molecule has 2 aromatic rings. The highest BCUT2D eigenvalue weighted by atomic mass is 35.5. The molecule has 2 aromatic carbocycles. The van der Waals surface area contributed by atoms with E-state index in [1.54, 1.807) is 49.4 Å². The molecule has 7 heteroatoms. The van der Waals surface area contributed by atoms with E-state index in [4.69, 9.17) is 11.6 Å². The number of sulfonamides is 1. The highest BCUT2D eigenvalue weighted by Gasteiger charge is 2.28. The van der Waals surface area contributed by atoms with Crippen molar-refractivity contribution >= 4 is 38.9 Å². The second-order valence-electron chi connectivity index (χ2n) is 5.53. The van der Waals surface area contributed by atoms with Gasteiger partial charge < -0.3 is 5.32 Å². The lowest BCUT2D eigenvalue weighted by atomic mass is 10.1. The zero-order chi connectivity index (χ0) is 17.3. The maximum atomic E-state index is 12.4. The van der Waals surface area contributed by atoms with Gasteiger partial charge in [-0.2, -0.15) is 0 Å². The van der Waals surface area contributed by atoms with Crippen molar-refractivity contribution in [3.63, 3.8) is 0 Å². The van der Waals surface area contributed by atoms with Gasteiger partial charge in [0.25, 0.3) is 5.91 Å². The third kappa shape index (κ3) is 3.25.